The van der Waals surface area contributed by atoms with Crippen molar-refractivity contribution < 1.29 is 38.2 Å². The molecule has 0 aliphatic heterocycles. The number of carbonyl (C=O) groups excluding carboxylic acids is 3. The summed E-state index contributed by atoms with van der Waals surface area (Å²) in [7, 11) is 5.40. The van der Waals surface area contributed by atoms with Gasteiger partial charge in [-0.3, -0.25) is 9.59 Å². The molecule has 0 radical (unpaired) electrons. The van der Waals surface area contributed by atoms with Crippen molar-refractivity contribution in [2.45, 2.75) is 199 Å². The molecule has 0 aromatic carbocycles. The first-order valence-electron chi connectivity index (χ1n) is 20.7. The van der Waals surface area contributed by atoms with Gasteiger partial charge in [-0.1, -0.05) is 142 Å². The number of carboxylic acids is 1. The second kappa shape index (κ2) is 34.2. The van der Waals surface area contributed by atoms with Crippen LogP contribution in [0.25, 0.3) is 0 Å². The van der Waals surface area contributed by atoms with E-state index in [-0.39, 0.29) is 42.7 Å². The Morgan fingerprint density at radius 1 is 0.580 bits per heavy atom. The lowest BCUT2D eigenvalue weighted by atomic mass is 10.1. The summed E-state index contributed by atoms with van der Waals surface area (Å²) in [6, 6.07) is -0.720. The lowest BCUT2D eigenvalue weighted by Crippen LogP contribution is -2.55. The highest BCUT2D eigenvalue weighted by Gasteiger charge is 2.25. The Morgan fingerprint density at radius 2 is 1.00 bits per heavy atom. The summed E-state index contributed by atoms with van der Waals surface area (Å²) in [5, 5.41) is 11.6. The van der Waals surface area contributed by atoms with Gasteiger partial charge in [0.15, 0.2) is 6.10 Å². The number of unbranched alkanes of at least 4 members (excludes halogenated alkanes) is 21. The van der Waals surface area contributed by atoms with Gasteiger partial charge in [0.05, 0.1) is 40.3 Å². The maximum atomic E-state index is 12.6. The third-order valence-electron chi connectivity index (χ3n) is 9.40. The van der Waals surface area contributed by atoms with E-state index >= 15 is 0 Å². The van der Waals surface area contributed by atoms with E-state index in [0.717, 1.165) is 38.5 Å². The Labute approximate surface area is 308 Å². The first-order valence-corrected chi connectivity index (χ1v) is 20.7. The third-order valence-corrected chi connectivity index (χ3v) is 9.40. The van der Waals surface area contributed by atoms with Gasteiger partial charge in [-0.05, 0) is 38.5 Å². The predicted octanol–water partition coefficient (Wildman–Crippen LogP) is 9.41. The van der Waals surface area contributed by atoms with Crippen LogP contribution in [-0.2, 0) is 28.6 Å². The van der Waals surface area contributed by atoms with Crippen LogP contribution in [0.2, 0.25) is 0 Å². The molecule has 0 rings (SSSR count). The third kappa shape index (κ3) is 32.0. The van der Waals surface area contributed by atoms with Crippen LogP contribution >= 0.6 is 0 Å². The van der Waals surface area contributed by atoms with Crippen molar-refractivity contribution in [3.8, 4) is 0 Å². The minimum atomic E-state index is -1.12. The number of carboxylic acid groups (broad SMARTS) is 1. The molecule has 0 spiro atoms. The molecule has 0 heterocycles. The first-order chi connectivity index (χ1) is 24.1. The number of ether oxygens (including phenoxy) is 3. The molecule has 294 valence electrons. The molecule has 8 heteroatoms. The lowest BCUT2D eigenvalue weighted by molar-refractivity contribution is -0.889. The van der Waals surface area contributed by atoms with Crippen LogP contribution in [-0.4, -0.2) is 75.5 Å². The minimum absolute atomic E-state index is 0.0446. The number of quaternary nitrogens is 1. The van der Waals surface area contributed by atoms with Gasteiger partial charge in [-0.25, -0.2) is 0 Å². The topological polar surface area (TPSA) is 102 Å². The van der Waals surface area contributed by atoms with Gasteiger partial charge in [0.25, 0.3) is 0 Å². The number of aliphatic carboxylic acids is 1. The van der Waals surface area contributed by atoms with E-state index in [1.165, 1.54) is 116 Å². The summed E-state index contributed by atoms with van der Waals surface area (Å²) >= 11 is 0. The fraction of sp³-hybridized carbons (Fsp3) is 0.881. The Hall–Kier alpha value is -1.93. The minimum Gasteiger partial charge on any atom is -0.544 e. The summed E-state index contributed by atoms with van der Waals surface area (Å²) < 4.78 is 17.1. The molecule has 0 aliphatic rings. The van der Waals surface area contributed by atoms with Crippen LogP contribution in [0.3, 0.4) is 0 Å². The SMILES string of the molecule is CCCCCC/C=C/CCCCCCCCCC(=O)OCC(COCCC(C(=O)[O-])[N+](C)(C)C)OC(=O)CCCCCCCCCCCCC. The number of hydrogen-bond acceptors (Lipinski definition) is 7. The largest absolute Gasteiger partial charge is 0.544 e. The Morgan fingerprint density at radius 3 is 1.46 bits per heavy atom. The molecular weight excluding hydrogens is 630 g/mol. The molecule has 2 atom stereocenters. The standard InChI is InChI=1S/C42H79NO7/c1-6-8-10-12-14-16-18-19-20-21-23-24-26-28-30-32-40(44)49-37-38(36-48-35-34-39(42(46)47)43(3,4)5)50-41(45)33-31-29-27-25-22-17-15-13-11-9-7-2/h16,18,38-39H,6-15,17,19-37H2,1-5H3/b18-16+. The molecule has 0 saturated heterocycles. The normalized spacial score (nSPS) is 13.1. The van der Waals surface area contributed by atoms with Crippen LogP contribution in [0.1, 0.15) is 187 Å². The first kappa shape index (κ1) is 48.1. The molecule has 0 bridgehead atoms. The summed E-state index contributed by atoms with van der Waals surface area (Å²) in [5.41, 5.74) is 0. The van der Waals surface area contributed by atoms with Crippen molar-refractivity contribution in [2.75, 3.05) is 41.0 Å². The van der Waals surface area contributed by atoms with Gasteiger partial charge >= 0.3 is 11.9 Å². The molecule has 0 saturated carbocycles. The van der Waals surface area contributed by atoms with Crippen molar-refractivity contribution in [1.29, 1.82) is 0 Å². The van der Waals surface area contributed by atoms with Gasteiger partial charge in [-0.15, -0.1) is 0 Å². The Balaban J connectivity index is 4.35. The van der Waals surface area contributed by atoms with Gasteiger partial charge in [0, 0.05) is 19.3 Å². The number of hydrogen-bond donors (Lipinski definition) is 0. The van der Waals surface area contributed by atoms with E-state index in [1.807, 2.05) is 0 Å². The van der Waals surface area contributed by atoms with E-state index in [9.17, 15) is 19.5 Å². The van der Waals surface area contributed by atoms with Crippen molar-refractivity contribution >= 4 is 17.9 Å². The number of carbonyl (C=O) groups is 3. The van der Waals surface area contributed by atoms with Crippen LogP contribution in [0, 0.1) is 0 Å². The molecular formula is C42H79NO7. The lowest BCUT2D eigenvalue weighted by Gasteiger charge is -2.34. The highest BCUT2D eigenvalue weighted by molar-refractivity contribution is 5.70. The van der Waals surface area contributed by atoms with Gasteiger partial charge in [0.1, 0.15) is 12.6 Å². The zero-order valence-corrected chi connectivity index (χ0v) is 33.3. The maximum absolute atomic E-state index is 12.6. The van der Waals surface area contributed by atoms with E-state index in [1.54, 1.807) is 21.1 Å². The second-order valence-electron chi connectivity index (χ2n) is 15.2. The van der Waals surface area contributed by atoms with Crippen LogP contribution in [0.15, 0.2) is 12.2 Å². The predicted molar refractivity (Wildman–Crippen MR) is 204 cm³/mol. The average Bonchev–Trinajstić information content (AvgIpc) is 3.06. The van der Waals surface area contributed by atoms with E-state index in [0.29, 0.717) is 12.8 Å². The maximum Gasteiger partial charge on any atom is 0.306 e. The van der Waals surface area contributed by atoms with Crippen molar-refractivity contribution in [3.05, 3.63) is 12.2 Å². The number of likely N-dealkylation sites (N-methyl/N-ethyl adjacent to an activating group) is 1. The molecule has 0 N–H and O–H groups in total. The Bertz CT molecular complexity index is 838. The van der Waals surface area contributed by atoms with Crippen LogP contribution in [0.4, 0.5) is 0 Å². The van der Waals surface area contributed by atoms with Crippen LogP contribution in [0.5, 0.6) is 0 Å². The monoisotopic (exact) mass is 710 g/mol. The molecule has 0 amide bonds. The number of allylic oxidation sites excluding steroid dienone is 2. The quantitative estimate of drug-likeness (QED) is 0.0274. The fourth-order valence-corrected chi connectivity index (χ4v) is 6.12. The molecule has 8 nitrogen and oxygen atoms in total. The number of nitrogens with zero attached hydrogens (tertiary/aromatic N) is 1. The zero-order valence-electron chi connectivity index (χ0n) is 33.3. The molecule has 50 heavy (non-hydrogen) atoms. The fourth-order valence-electron chi connectivity index (χ4n) is 6.12. The van der Waals surface area contributed by atoms with Gasteiger partial charge in [0.2, 0.25) is 0 Å². The van der Waals surface area contributed by atoms with Crippen molar-refractivity contribution in [1.82, 2.24) is 0 Å². The molecule has 0 fully saturated rings. The summed E-state index contributed by atoms with van der Waals surface area (Å²) in [4.78, 5) is 36.7. The number of rotatable bonds is 37. The highest BCUT2D eigenvalue weighted by Crippen LogP contribution is 2.14. The van der Waals surface area contributed by atoms with Crippen LogP contribution < -0.4 is 5.11 Å². The van der Waals surface area contributed by atoms with Gasteiger partial charge in [-0.2, -0.15) is 0 Å². The number of esters is 2. The average molecular weight is 710 g/mol. The highest BCUT2D eigenvalue weighted by atomic mass is 16.6. The Kier molecular flexibility index (Phi) is 32.9. The van der Waals surface area contributed by atoms with E-state index < -0.39 is 18.1 Å². The van der Waals surface area contributed by atoms with Gasteiger partial charge < -0.3 is 28.6 Å². The molecule has 0 aliphatic carbocycles. The van der Waals surface area contributed by atoms with Crippen molar-refractivity contribution in [2.24, 2.45) is 0 Å². The summed E-state index contributed by atoms with van der Waals surface area (Å²) in [6.45, 7) is 4.64. The van der Waals surface area contributed by atoms with Crippen molar-refractivity contribution in [3.63, 3.8) is 0 Å². The summed E-state index contributed by atoms with van der Waals surface area (Å²) in [6.07, 6.45) is 33.7. The summed E-state index contributed by atoms with van der Waals surface area (Å²) in [5.74, 6) is -1.73. The molecule has 0 aromatic rings. The zero-order chi connectivity index (χ0) is 37.1. The molecule has 0 aromatic heterocycles. The van der Waals surface area contributed by atoms with E-state index in [4.69, 9.17) is 14.2 Å². The molecule has 2 unspecified atom stereocenters. The van der Waals surface area contributed by atoms with E-state index in [2.05, 4.69) is 26.0 Å². The smallest absolute Gasteiger partial charge is 0.306 e. The second-order valence-corrected chi connectivity index (χ2v) is 15.2.